The van der Waals surface area contributed by atoms with Crippen LogP contribution in [-0.2, 0) is 16.2 Å². The number of benzene rings is 17. The van der Waals surface area contributed by atoms with Crippen LogP contribution in [0.2, 0.25) is 0 Å². The second-order valence-electron chi connectivity index (χ2n) is 33.1. The quantitative estimate of drug-likeness (QED) is 0.123. The van der Waals surface area contributed by atoms with Gasteiger partial charge in [0.25, 0.3) is 0 Å². The van der Waals surface area contributed by atoms with Crippen LogP contribution in [0.15, 0.2) is 352 Å². The highest BCUT2D eigenvalue weighted by molar-refractivity contribution is 6.27. The Morgan fingerprint density at radius 2 is 0.531 bits per heavy atom. The molecule has 0 aliphatic heterocycles. The first-order valence-corrected chi connectivity index (χ1v) is 39.7. The van der Waals surface area contributed by atoms with Crippen molar-refractivity contribution in [2.75, 3.05) is 0 Å². The lowest BCUT2D eigenvalue weighted by molar-refractivity contribution is 0.660. The SMILES string of the molecule is CC1(C)c2ccccc2-c2cc3c(-c4cc5ccccc5c5ccccc45)c4ccccc4c(-c4ccc(-c5cn6ccc7ccccc7c6n5)cc4)c3cc21.CC1(C)c2ccccc2-c2ccc(-c3c4ccccc4c(-c4ccc(-c5cn6ccc7ccccc7c6n5)cc4)c4cc5c(cc34)-c3ccccc3C5(C)C)cc21. The number of rotatable bonds is 6. The van der Waals surface area contributed by atoms with Crippen molar-refractivity contribution in [3.05, 3.63) is 386 Å². The van der Waals surface area contributed by atoms with E-state index < -0.39 is 0 Å². The molecule has 113 heavy (non-hydrogen) atoms. The molecular formula is C109H76N4. The lowest BCUT2D eigenvalue weighted by Crippen LogP contribution is -2.15. The Kier molecular flexibility index (Phi) is 13.9. The first-order chi connectivity index (χ1) is 55.3. The molecule has 0 N–H and O–H groups in total. The van der Waals surface area contributed by atoms with Crippen molar-refractivity contribution in [1.82, 2.24) is 18.8 Å². The third-order valence-corrected chi connectivity index (χ3v) is 26.0. The fraction of sp³-hybridized carbons (Fsp3) is 0.0826. The fourth-order valence-electron chi connectivity index (χ4n) is 20.4. The van der Waals surface area contributed by atoms with E-state index in [1.807, 2.05) is 0 Å². The van der Waals surface area contributed by atoms with Crippen LogP contribution in [-0.4, -0.2) is 18.8 Å². The van der Waals surface area contributed by atoms with Crippen molar-refractivity contribution in [1.29, 1.82) is 0 Å². The predicted molar refractivity (Wildman–Crippen MR) is 476 cm³/mol. The Hall–Kier alpha value is -13.8. The zero-order chi connectivity index (χ0) is 75.3. The third-order valence-electron chi connectivity index (χ3n) is 26.0. The molecule has 21 aromatic rings. The van der Waals surface area contributed by atoms with E-state index in [-0.39, 0.29) is 16.2 Å². The van der Waals surface area contributed by atoms with Gasteiger partial charge in [0, 0.05) is 62.9 Å². The Bertz CT molecular complexity index is 7690. The molecular weight excluding hydrogens is 1370 g/mol. The van der Waals surface area contributed by atoms with Crippen LogP contribution in [0, 0.1) is 0 Å². The van der Waals surface area contributed by atoms with E-state index in [0.29, 0.717) is 0 Å². The van der Waals surface area contributed by atoms with Crippen molar-refractivity contribution < 1.29 is 0 Å². The highest BCUT2D eigenvalue weighted by Gasteiger charge is 2.40. The average Bonchev–Trinajstić information content (AvgIpc) is 1.67. The Labute approximate surface area is 655 Å². The molecule has 0 saturated heterocycles. The summed E-state index contributed by atoms with van der Waals surface area (Å²) >= 11 is 0. The van der Waals surface area contributed by atoms with Crippen LogP contribution in [0.3, 0.4) is 0 Å². The first kappa shape index (κ1) is 65.1. The first-order valence-electron chi connectivity index (χ1n) is 39.7. The van der Waals surface area contributed by atoms with E-state index in [0.717, 1.165) is 44.6 Å². The van der Waals surface area contributed by atoms with Crippen LogP contribution in [0.25, 0.3) is 198 Å². The van der Waals surface area contributed by atoms with Gasteiger partial charge in [0.1, 0.15) is 11.3 Å². The molecule has 0 fully saturated rings. The van der Waals surface area contributed by atoms with Gasteiger partial charge >= 0.3 is 0 Å². The van der Waals surface area contributed by atoms with Gasteiger partial charge in [0.05, 0.1) is 11.4 Å². The Morgan fingerprint density at radius 1 is 0.204 bits per heavy atom. The highest BCUT2D eigenvalue weighted by Crippen LogP contribution is 2.58. The third kappa shape index (κ3) is 9.57. The number of hydrogen-bond acceptors (Lipinski definition) is 2. The molecule has 0 saturated carbocycles. The van der Waals surface area contributed by atoms with E-state index >= 15 is 0 Å². The van der Waals surface area contributed by atoms with Gasteiger partial charge in [-0.1, -0.05) is 321 Å². The van der Waals surface area contributed by atoms with Crippen LogP contribution in [0.5, 0.6) is 0 Å². The zero-order valence-electron chi connectivity index (χ0n) is 63.8. The molecule has 0 radical (unpaired) electrons. The largest absolute Gasteiger partial charge is 0.306 e. The summed E-state index contributed by atoms with van der Waals surface area (Å²) < 4.78 is 4.28. The van der Waals surface area contributed by atoms with E-state index in [1.165, 1.54) is 187 Å². The van der Waals surface area contributed by atoms with Crippen molar-refractivity contribution in [3.63, 3.8) is 0 Å². The minimum Gasteiger partial charge on any atom is -0.306 e. The number of pyridine rings is 2. The Morgan fingerprint density at radius 3 is 1.01 bits per heavy atom. The lowest BCUT2D eigenvalue weighted by Gasteiger charge is -2.25. The van der Waals surface area contributed by atoms with Gasteiger partial charge in [0.2, 0.25) is 0 Å². The molecule has 0 unspecified atom stereocenters. The molecule has 532 valence electrons. The molecule has 0 spiro atoms. The van der Waals surface area contributed by atoms with Gasteiger partial charge in [-0.15, -0.1) is 0 Å². The lowest BCUT2D eigenvalue weighted by atomic mass is 9.78. The molecule has 24 rings (SSSR count). The molecule has 4 heterocycles. The number of nitrogens with zero attached hydrogens (tertiary/aromatic N) is 4. The van der Waals surface area contributed by atoms with Crippen LogP contribution >= 0.6 is 0 Å². The van der Waals surface area contributed by atoms with E-state index in [1.54, 1.807) is 0 Å². The zero-order valence-corrected chi connectivity index (χ0v) is 63.8. The minimum atomic E-state index is -0.129. The summed E-state index contributed by atoms with van der Waals surface area (Å²) in [6.45, 7) is 14.3. The van der Waals surface area contributed by atoms with E-state index in [2.05, 4.69) is 403 Å². The van der Waals surface area contributed by atoms with E-state index in [4.69, 9.17) is 9.97 Å². The average molecular weight is 1440 g/mol. The summed E-state index contributed by atoms with van der Waals surface area (Å²) in [6.07, 6.45) is 8.52. The van der Waals surface area contributed by atoms with Gasteiger partial charge in [0.15, 0.2) is 0 Å². The van der Waals surface area contributed by atoms with Gasteiger partial charge in [-0.2, -0.15) is 0 Å². The smallest absolute Gasteiger partial charge is 0.145 e. The summed E-state index contributed by atoms with van der Waals surface area (Å²) in [5, 5.41) is 20.0. The van der Waals surface area contributed by atoms with Crippen molar-refractivity contribution in [2.24, 2.45) is 0 Å². The minimum absolute atomic E-state index is 0.0898. The number of imidazole rings is 2. The second-order valence-corrected chi connectivity index (χ2v) is 33.1. The molecule has 0 amide bonds. The molecule has 3 aliphatic rings. The molecule has 17 aromatic carbocycles. The van der Waals surface area contributed by atoms with Crippen LogP contribution in [0.1, 0.15) is 74.9 Å². The maximum absolute atomic E-state index is 5.14. The molecule has 4 heteroatoms. The van der Waals surface area contributed by atoms with Crippen LogP contribution in [0.4, 0.5) is 0 Å². The van der Waals surface area contributed by atoms with Crippen molar-refractivity contribution in [2.45, 2.75) is 57.8 Å². The summed E-state index contributed by atoms with van der Waals surface area (Å²) in [5.41, 5.74) is 32.3. The fourth-order valence-corrected chi connectivity index (χ4v) is 20.4. The molecule has 0 bridgehead atoms. The normalized spacial score (nSPS) is 14.0. The maximum atomic E-state index is 5.14. The van der Waals surface area contributed by atoms with Gasteiger partial charge < -0.3 is 8.80 Å². The number of fused-ring (bicyclic) bond motifs is 22. The van der Waals surface area contributed by atoms with Crippen LogP contribution < -0.4 is 0 Å². The summed E-state index contributed by atoms with van der Waals surface area (Å²) in [6, 6.07) is 122. The molecule has 4 aromatic heterocycles. The Balaban J connectivity index is 0.000000134. The summed E-state index contributed by atoms with van der Waals surface area (Å²) in [5.74, 6) is 0. The van der Waals surface area contributed by atoms with Gasteiger partial charge in [-0.05, 0) is 235 Å². The summed E-state index contributed by atoms with van der Waals surface area (Å²) in [4.78, 5) is 10.3. The van der Waals surface area contributed by atoms with Crippen molar-refractivity contribution in [3.8, 4) is 100 Å². The monoisotopic (exact) mass is 1440 g/mol. The molecule has 3 aliphatic carbocycles. The van der Waals surface area contributed by atoms with Gasteiger partial charge in [-0.3, -0.25) is 0 Å². The summed E-state index contributed by atoms with van der Waals surface area (Å²) in [7, 11) is 0. The predicted octanol–water partition coefficient (Wildman–Crippen LogP) is 28.8. The number of aromatic nitrogens is 4. The van der Waals surface area contributed by atoms with Crippen molar-refractivity contribution >= 4 is 97.5 Å². The highest BCUT2D eigenvalue weighted by atomic mass is 15.0. The van der Waals surface area contributed by atoms with E-state index in [9.17, 15) is 0 Å². The molecule has 4 nitrogen and oxygen atoms in total. The molecule has 0 atom stereocenters. The topological polar surface area (TPSA) is 34.6 Å². The number of hydrogen-bond donors (Lipinski definition) is 0. The van der Waals surface area contributed by atoms with Gasteiger partial charge in [-0.25, -0.2) is 9.97 Å². The standard InChI is InChI=1S/C55H40N2.C54H36N2/c1-54(2)46-19-11-9-15-38(46)40-26-25-36(29-48(40)54)52-42-18-8-7-17-41(42)51(45-31-49-43(30-44(45)52)39-16-10-12-20-47(39)55(49,3)4)35-23-21-34(22-24-35)50-32-57-28-27-33-13-5-6-14-37(33)53(57)56-50;1-54(2)48-22-12-11-19-41(48)44-30-46-47(31-49(44)54)51(35-25-23-34(24-26-35)50-32-56-28-27-33-13-3-6-16-38(33)53(56)55-50)42-20-9-10-21-43(42)52(46)45-29-36-14-4-5-15-37(36)39-17-7-8-18-40(39)45/h5-32H,1-4H3;3-32H,1-2H3. The second kappa shape index (κ2) is 24.1. The maximum Gasteiger partial charge on any atom is 0.145 e.